The fourth-order valence-electron chi connectivity index (χ4n) is 1.90. The monoisotopic (exact) mass is 315 g/mol. The summed E-state index contributed by atoms with van der Waals surface area (Å²) in [6.45, 7) is 3.55. The summed E-state index contributed by atoms with van der Waals surface area (Å²) in [6, 6.07) is 5.30. The van der Waals surface area contributed by atoms with Gasteiger partial charge >= 0.3 is 5.97 Å². The first-order valence-electron chi connectivity index (χ1n) is 5.99. The lowest BCUT2D eigenvalue weighted by atomic mass is 9.80. The fourth-order valence-corrected chi connectivity index (χ4v) is 2.42. The van der Waals surface area contributed by atoms with E-state index in [1.54, 1.807) is 26.0 Å². The highest BCUT2D eigenvalue weighted by molar-refractivity contribution is 6.42. The van der Waals surface area contributed by atoms with Crippen LogP contribution in [-0.2, 0) is 14.9 Å². The quantitative estimate of drug-likeness (QED) is 0.777. The number of hydrogen-bond donors (Lipinski definition) is 0. The summed E-state index contributed by atoms with van der Waals surface area (Å²) in [7, 11) is 1.46. The maximum Gasteiger partial charge on any atom is 0.307 e. The molecule has 1 rings (SSSR count). The molecule has 108 valence electrons. The van der Waals surface area contributed by atoms with E-state index >= 15 is 0 Å². The van der Waals surface area contributed by atoms with Crippen LogP contribution >= 0.6 is 23.2 Å². The molecule has 0 aliphatic heterocycles. The van der Waals surface area contributed by atoms with Crippen molar-refractivity contribution in [3.63, 3.8) is 0 Å². The fraction of sp³-hybridized carbons (Fsp3) is 0.429. The molecule has 0 spiro atoms. The second-order valence-corrected chi connectivity index (χ2v) is 5.15. The van der Waals surface area contributed by atoms with Crippen molar-refractivity contribution in [3.8, 4) is 11.8 Å². The zero-order valence-electron chi connectivity index (χ0n) is 11.5. The van der Waals surface area contributed by atoms with Crippen LogP contribution in [0.5, 0.6) is 5.75 Å². The number of carbonyl (C=O) groups is 1. The molecule has 20 heavy (non-hydrogen) atoms. The number of halogens is 2. The third-order valence-corrected chi connectivity index (χ3v) is 3.68. The number of rotatable bonds is 5. The molecule has 0 aliphatic carbocycles. The molecule has 1 unspecified atom stereocenters. The average Bonchev–Trinajstić information content (AvgIpc) is 2.41. The van der Waals surface area contributed by atoms with Crippen molar-refractivity contribution in [2.24, 2.45) is 0 Å². The summed E-state index contributed by atoms with van der Waals surface area (Å²) in [5.74, 6) is -0.0672. The van der Waals surface area contributed by atoms with Crippen LogP contribution in [0.1, 0.15) is 25.8 Å². The Hall–Kier alpha value is -1.44. The van der Waals surface area contributed by atoms with Gasteiger partial charge in [-0.3, -0.25) is 4.79 Å². The minimum atomic E-state index is -1.18. The van der Waals surface area contributed by atoms with E-state index < -0.39 is 11.4 Å². The lowest BCUT2D eigenvalue weighted by Gasteiger charge is -2.25. The second kappa shape index (κ2) is 6.83. The topological polar surface area (TPSA) is 59.3 Å². The van der Waals surface area contributed by atoms with E-state index in [9.17, 15) is 10.1 Å². The number of esters is 1. The van der Waals surface area contributed by atoms with Crippen LogP contribution in [0.4, 0.5) is 0 Å². The Morgan fingerprint density at radius 3 is 2.60 bits per heavy atom. The lowest BCUT2D eigenvalue weighted by Crippen LogP contribution is -2.26. The molecule has 0 bridgehead atoms. The van der Waals surface area contributed by atoms with Gasteiger partial charge in [-0.15, -0.1) is 0 Å². The molecule has 0 aliphatic rings. The van der Waals surface area contributed by atoms with Crippen LogP contribution in [0.15, 0.2) is 12.1 Å². The van der Waals surface area contributed by atoms with Crippen LogP contribution in [0.25, 0.3) is 0 Å². The highest BCUT2D eigenvalue weighted by Gasteiger charge is 2.36. The van der Waals surface area contributed by atoms with Gasteiger partial charge in [0.15, 0.2) is 0 Å². The Morgan fingerprint density at radius 1 is 1.45 bits per heavy atom. The molecule has 1 aromatic carbocycles. The number of nitrogens with zero attached hydrogens (tertiary/aromatic N) is 1. The van der Waals surface area contributed by atoms with E-state index in [2.05, 4.69) is 6.07 Å². The third kappa shape index (κ3) is 3.36. The van der Waals surface area contributed by atoms with E-state index in [-0.39, 0.29) is 18.1 Å². The predicted octanol–water partition coefficient (Wildman–Crippen LogP) is 3.74. The van der Waals surface area contributed by atoms with Crippen molar-refractivity contribution < 1.29 is 14.3 Å². The van der Waals surface area contributed by atoms with Gasteiger partial charge in [0.25, 0.3) is 0 Å². The summed E-state index contributed by atoms with van der Waals surface area (Å²) in [4.78, 5) is 11.7. The average molecular weight is 316 g/mol. The summed E-state index contributed by atoms with van der Waals surface area (Å²) < 4.78 is 10.1. The molecule has 0 radical (unpaired) electrons. The van der Waals surface area contributed by atoms with Crippen molar-refractivity contribution >= 4 is 29.2 Å². The number of methoxy groups -OCH3 is 1. The molecule has 0 saturated carbocycles. The van der Waals surface area contributed by atoms with Gasteiger partial charge in [0.05, 0.1) is 41.7 Å². The molecule has 4 nitrogen and oxygen atoms in total. The lowest BCUT2D eigenvalue weighted by molar-refractivity contribution is -0.144. The van der Waals surface area contributed by atoms with Gasteiger partial charge < -0.3 is 9.47 Å². The summed E-state index contributed by atoms with van der Waals surface area (Å²) in [6.07, 6.45) is -0.131. The molecule has 1 aromatic rings. The summed E-state index contributed by atoms with van der Waals surface area (Å²) >= 11 is 12.2. The predicted molar refractivity (Wildman–Crippen MR) is 77.2 cm³/mol. The molecular formula is C14H15Cl2NO3. The van der Waals surface area contributed by atoms with Crippen LogP contribution in [-0.4, -0.2) is 19.7 Å². The van der Waals surface area contributed by atoms with Crippen LogP contribution in [0.2, 0.25) is 10.0 Å². The van der Waals surface area contributed by atoms with Crippen molar-refractivity contribution in [3.05, 3.63) is 27.7 Å². The number of nitriles is 1. The smallest absolute Gasteiger partial charge is 0.307 e. The number of hydrogen-bond acceptors (Lipinski definition) is 4. The van der Waals surface area contributed by atoms with Gasteiger partial charge in [0.1, 0.15) is 5.75 Å². The molecule has 0 amide bonds. The van der Waals surface area contributed by atoms with E-state index in [1.807, 2.05) is 0 Å². The van der Waals surface area contributed by atoms with E-state index in [0.717, 1.165) is 0 Å². The zero-order chi connectivity index (χ0) is 15.3. The standard InChI is InChI=1S/C14H15Cl2NO3/c1-4-20-11(18)7-14(2,8-17)12-10(19-3)6-5-9(15)13(12)16/h5-6H,4,7H2,1-3H3. The van der Waals surface area contributed by atoms with Gasteiger partial charge in [-0.2, -0.15) is 5.26 Å². The molecular weight excluding hydrogens is 301 g/mol. The summed E-state index contributed by atoms with van der Waals surface area (Å²) in [5.41, 5.74) is -0.788. The highest BCUT2D eigenvalue weighted by atomic mass is 35.5. The minimum Gasteiger partial charge on any atom is -0.496 e. The van der Waals surface area contributed by atoms with Gasteiger partial charge in [0, 0.05) is 5.56 Å². The van der Waals surface area contributed by atoms with E-state index in [1.165, 1.54) is 7.11 Å². The minimum absolute atomic E-state index is 0.131. The first-order valence-corrected chi connectivity index (χ1v) is 6.74. The Morgan fingerprint density at radius 2 is 2.10 bits per heavy atom. The molecule has 0 N–H and O–H groups in total. The first-order chi connectivity index (χ1) is 9.39. The normalized spacial score (nSPS) is 13.2. The van der Waals surface area contributed by atoms with Gasteiger partial charge in [0.2, 0.25) is 0 Å². The Kier molecular flexibility index (Phi) is 5.67. The molecule has 1 atom stereocenters. The Balaban J connectivity index is 3.34. The number of ether oxygens (including phenoxy) is 2. The Labute approximate surface area is 128 Å². The zero-order valence-corrected chi connectivity index (χ0v) is 13.0. The number of benzene rings is 1. The summed E-state index contributed by atoms with van der Waals surface area (Å²) in [5, 5.41) is 9.98. The van der Waals surface area contributed by atoms with Gasteiger partial charge in [-0.1, -0.05) is 23.2 Å². The van der Waals surface area contributed by atoms with Crippen LogP contribution in [0, 0.1) is 11.3 Å². The maximum atomic E-state index is 11.7. The van der Waals surface area contributed by atoms with E-state index in [0.29, 0.717) is 16.3 Å². The second-order valence-electron chi connectivity index (χ2n) is 4.36. The van der Waals surface area contributed by atoms with Crippen LogP contribution in [0.3, 0.4) is 0 Å². The van der Waals surface area contributed by atoms with Gasteiger partial charge in [-0.25, -0.2) is 0 Å². The van der Waals surface area contributed by atoms with Crippen molar-refractivity contribution in [2.75, 3.05) is 13.7 Å². The van der Waals surface area contributed by atoms with Crippen molar-refractivity contribution in [2.45, 2.75) is 25.7 Å². The van der Waals surface area contributed by atoms with Crippen molar-refractivity contribution in [1.82, 2.24) is 0 Å². The van der Waals surface area contributed by atoms with Crippen molar-refractivity contribution in [1.29, 1.82) is 5.26 Å². The molecule has 0 aromatic heterocycles. The number of carbonyl (C=O) groups excluding carboxylic acids is 1. The van der Waals surface area contributed by atoms with Gasteiger partial charge in [-0.05, 0) is 26.0 Å². The maximum absolute atomic E-state index is 11.7. The van der Waals surface area contributed by atoms with Crippen LogP contribution < -0.4 is 4.74 Å². The first kappa shape index (κ1) is 16.6. The molecule has 0 heterocycles. The largest absolute Gasteiger partial charge is 0.496 e. The SMILES string of the molecule is CCOC(=O)CC(C)(C#N)c1c(OC)ccc(Cl)c1Cl. The molecule has 0 saturated heterocycles. The Bertz CT molecular complexity index is 554. The molecule has 6 heteroatoms. The third-order valence-electron chi connectivity index (χ3n) is 2.88. The molecule has 0 fully saturated rings. The highest BCUT2D eigenvalue weighted by Crippen LogP contribution is 2.42. The van der Waals surface area contributed by atoms with E-state index in [4.69, 9.17) is 32.7 Å².